The van der Waals surface area contributed by atoms with Crippen LogP contribution in [-0.4, -0.2) is 5.75 Å². The summed E-state index contributed by atoms with van der Waals surface area (Å²) in [7, 11) is 0. The Hall–Kier alpha value is -0.540. The fourth-order valence-electron chi connectivity index (χ4n) is 1.45. The smallest absolute Gasteiger partial charge is 0.137 e. The summed E-state index contributed by atoms with van der Waals surface area (Å²) in [4.78, 5) is 0.737. The maximum Gasteiger partial charge on any atom is 0.137 e. The molecule has 3 heteroatoms. The molecule has 90 valence electrons. The molecule has 0 aliphatic carbocycles. The molecule has 0 amide bonds. The third-order valence-corrected chi connectivity index (χ3v) is 3.62. The Bertz CT molecular complexity index is 326. The Kier molecular flexibility index (Phi) is 5.85. The molecule has 1 atom stereocenters. The van der Waals surface area contributed by atoms with Gasteiger partial charge in [-0.15, -0.1) is 11.8 Å². The van der Waals surface area contributed by atoms with Gasteiger partial charge in [0.25, 0.3) is 0 Å². The first kappa shape index (κ1) is 13.5. The van der Waals surface area contributed by atoms with Crippen molar-refractivity contribution in [1.29, 1.82) is 0 Å². The molecule has 16 heavy (non-hydrogen) atoms. The van der Waals surface area contributed by atoms with E-state index in [2.05, 4.69) is 6.92 Å². The zero-order chi connectivity index (χ0) is 12.0. The lowest BCUT2D eigenvalue weighted by molar-refractivity contribution is 0.596. The van der Waals surface area contributed by atoms with Crippen LogP contribution >= 0.6 is 11.8 Å². The third kappa shape index (κ3) is 4.14. The molecule has 0 aromatic heterocycles. The monoisotopic (exact) mass is 241 g/mol. The molecule has 0 saturated carbocycles. The lowest BCUT2D eigenvalue weighted by atomic mass is 10.1. The minimum atomic E-state index is -0.142. The topological polar surface area (TPSA) is 26.0 Å². The van der Waals surface area contributed by atoms with Gasteiger partial charge in [0.2, 0.25) is 0 Å². The Balaban J connectivity index is 2.54. The van der Waals surface area contributed by atoms with E-state index in [0.717, 1.165) is 22.6 Å². The summed E-state index contributed by atoms with van der Waals surface area (Å²) in [5.74, 6) is 0.846. The third-order valence-electron chi connectivity index (χ3n) is 2.49. The van der Waals surface area contributed by atoms with Crippen molar-refractivity contribution in [2.75, 3.05) is 5.75 Å². The van der Waals surface area contributed by atoms with Crippen molar-refractivity contribution in [3.05, 3.63) is 29.6 Å². The van der Waals surface area contributed by atoms with Gasteiger partial charge in [0.1, 0.15) is 5.82 Å². The first-order chi connectivity index (χ1) is 7.65. The molecule has 0 aliphatic rings. The van der Waals surface area contributed by atoms with Crippen LogP contribution in [0.5, 0.6) is 0 Å². The largest absolute Gasteiger partial charge is 0.324 e. The van der Waals surface area contributed by atoms with Crippen LogP contribution in [0.2, 0.25) is 0 Å². The van der Waals surface area contributed by atoms with Crippen LogP contribution in [0.4, 0.5) is 4.39 Å². The molecule has 1 aromatic rings. The van der Waals surface area contributed by atoms with Crippen molar-refractivity contribution in [2.24, 2.45) is 5.73 Å². The Morgan fingerprint density at radius 3 is 2.69 bits per heavy atom. The van der Waals surface area contributed by atoms with Gasteiger partial charge in [-0.1, -0.05) is 25.8 Å². The van der Waals surface area contributed by atoms with E-state index in [1.165, 1.54) is 12.8 Å². The van der Waals surface area contributed by atoms with Gasteiger partial charge in [-0.25, -0.2) is 4.39 Å². The normalized spacial score (nSPS) is 12.8. The van der Waals surface area contributed by atoms with Crippen LogP contribution in [-0.2, 0) is 0 Å². The highest BCUT2D eigenvalue weighted by atomic mass is 32.2. The molecular weight excluding hydrogens is 221 g/mol. The first-order valence-corrected chi connectivity index (χ1v) is 6.81. The quantitative estimate of drug-likeness (QED) is 0.598. The van der Waals surface area contributed by atoms with E-state index < -0.39 is 0 Å². The second kappa shape index (κ2) is 6.92. The highest BCUT2D eigenvalue weighted by Crippen LogP contribution is 2.25. The lowest BCUT2D eigenvalue weighted by Crippen LogP contribution is -2.05. The lowest BCUT2D eigenvalue weighted by Gasteiger charge is -2.08. The van der Waals surface area contributed by atoms with E-state index in [1.807, 2.05) is 19.1 Å². The summed E-state index contributed by atoms with van der Waals surface area (Å²) in [6, 6.07) is 5.20. The van der Waals surface area contributed by atoms with Crippen molar-refractivity contribution in [1.82, 2.24) is 0 Å². The fraction of sp³-hybridized carbons (Fsp3) is 0.538. The molecule has 0 fully saturated rings. The molecule has 0 aliphatic heterocycles. The molecule has 1 nitrogen and oxygen atoms in total. The van der Waals surface area contributed by atoms with Gasteiger partial charge in [0, 0.05) is 10.9 Å². The number of unbranched alkanes of at least 4 members (excludes halogenated alkanes) is 2. The minimum Gasteiger partial charge on any atom is -0.324 e. The summed E-state index contributed by atoms with van der Waals surface area (Å²) in [6.45, 7) is 4.03. The van der Waals surface area contributed by atoms with Crippen LogP contribution in [0, 0.1) is 5.82 Å². The average Bonchev–Trinajstić information content (AvgIpc) is 2.26. The standard InChI is InChI=1S/C13H20FNS/c1-3-4-5-8-16-13-7-6-11(10(2)15)9-12(13)14/h6-7,9-10H,3-5,8,15H2,1-2H3. The van der Waals surface area contributed by atoms with Crippen LogP contribution < -0.4 is 5.73 Å². The predicted molar refractivity (Wildman–Crippen MR) is 69.3 cm³/mol. The van der Waals surface area contributed by atoms with Gasteiger partial charge in [-0.3, -0.25) is 0 Å². The maximum atomic E-state index is 13.6. The zero-order valence-electron chi connectivity index (χ0n) is 10.0. The van der Waals surface area contributed by atoms with Crippen LogP contribution in [0.1, 0.15) is 44.7 Å². The number of nitrogens with two attached hydrogens (primary N) is 1. The Morgan fingerprint density at radius 1 is 1.38 bits per heavy atom. The molecule has 1 aromatic carbocycles. The fourth-order valence-corrected chi connectivity index (χ4v) is 2.38. The van der Waals surface area contributed by atoms with E-state index >= 15 is 0 Å². The molecule has 1 rings (SSSR count). The summed E-state index contributed by atoms with van der Waals surface area (Å²) < 4.78 is 13.6. The summed E-state index contributed by atoms with van der Waals surface area (Å²) >= 11 is 1.59. The Labute approximate surface area is 102 Å². The first-order valence-electron chi connectivity index (χ1n) is 5.83. The van der Waals surface area contributed by atoms with Crippen molar-refractivity contribution in [2.45, 2.75) is 44.0 Å². The van der Waals surface area contributed by atoms with E-state index in [4.69, 9.17) is 5.73 Å². The van der Waals surface area contributed by atoms with Crippen molar-refractivity contribution in [3.63, 3.8) is 0 Å². The predicted octanol–water partition coefficient (Wildman–Crippen LogP) is 4.13. The van der Waals surface area contributed by atoms with Gasteiger partial charge in [0.15, 0.2) is 0 Å². The number of rotatable bonds is 6. The van der Waals surface area contributed by atoms with Gasteiger partial charge in [-0.2, -0.15) is 0 Å². The molecular formula is C13H20FNS. The van der Waals surface area contributed by atoms with E-state index in [1.54, 1.807) is 17.8 Å². The molecule has 0 bridgehead atoms. The van der Waals surface area contributed by atoms with Gasteiger partial charge in [-0.05, 0) is 36.8 Å². The SMILES string of the molecule is CCCCCSc1ccc(C(C)N)cc1F. The molecule has 0 spiro atoms. The number of benzene rings is 1. The molecule has 1 unspecified atom stereocenters. The Morgan fingerprint density at radius 2 is 2.12 bits per heavy atom. The van der Waals surface area contributed by atoms with Crippen molar-refractivity contribution >= 4 is 11.8 Å². The highest BCUT2D eigenvalue weighted by Gasteiger charge is 2.06. The summed E-state index contributed by atoms with van der Waals surface area (Å²) in [5, 5.41) is 0. The number of thioether (sulfide) groups is 1. The van der Waals surface area contributed by atoms with Crippen molar-refractivity contribution < 1.29 is 4.39 Å². The van der Waals surface area contributed by atoms with Gasteiger partial charge >= 0.3 is 0 Å². The number of halogens is 1. The second-order valence-electron chi connectivity index (χ2n) is 4.03. The zero-order valence-corrected chi connectivity index (χ0v) is 10.8. The van der Waals surface area contributed by atoms with E-state index in [-0.39, 0.29) is 11.9 Å². The van der Waals surface area contributed by atoms with Gasteiger partial charge in [0.05, 0.1) is 0 Å². The average molecular weight is 241 g/mol. The van der Waals surface area contributed by atoms with E-state index in [9.17, 15) is 4.39 Å². The maximum absolute atomic E-state index is 13.6. The summed E-state index contributed by atoms with van der Waals surface area (Å²) in [6.07, 6.45) is 3.56. The van der Waals surface area contributed by atoms with Crippen LogP contribution in [0.15, 0.2) is 23.1 Å². The molecule has 0 radical (unpaired) electrons. The van der Waals surface area contributed by atoms with Gasteiger partial charge < -0.3 is 5.73 Å². The number of hydrogen-bond acceptors (Lipinski definition) is 2. The second-order valence-corrected chi connectivity index (χ2v) is 5.17. The molecule has 2 N–H and O–H groups in total. The number of hydrogen-bond donors (Lipinski definition) is 1. The highest BCUT2D eigenvalue weighted by molar-refractivity contribution is 7.99. The molecule has 0 heterocycles. The minimum absolute atomic E-state index is 0.103. The van der Waals surface area contributed by atoms with Crippen LogP contribution in [0.25, 0.3) is 0 Å². The van der Waals surface area contributed by atoms with E-state index in [0.29, 0.717) is 0 Å². The van der Waals surface area contributed by atoms with Crippen molar-refractivity contribution in [3.8, 4) is 0 Å². The summed E-state index contributed by atoms with van der Waals surface area (Å²) in [5.41, 5.74) is 6.56. The molecule has 0 saturated heterocycles. The van der Waals surface area contributed by atoms with Crippen LogP contribution in [0.3, 0.4) is 0 Å².